The van der Waals surface area contributed by atoms with E-state index in [1.807, 2.05) is 0 Å². The van der Waals surface area contributed by atoms with Crippen LogP contribution >= 0.6 is 0 Å². The third-order valence-electron chi connectivity index (χ3n) is 2.45. The van der Waals surface area contributed by atoms with Crippen LogP contribution in [0.1, 0.15) is 22.1 Å². The van der Waals surface area contributed by atoms with Crippen LogP contribution in [-0.2, 0) is 6.54 Å². The highest BCUT2D eigenvalue weighted by Gasteiger charge is 2.16. The van der Waals surface area contributed by atoms with Gasteiger partial charge in [-0.05, 0) is 19.1 Å². The molecule has 0 atom stereocenters. The number of rotatable bonds is 4. The zero-order chi connectivity index (χ0) is 15.4. The van der Waals surface area contributed by atoms with Crippen LogP contribution in [0.4, 0.5) is 14.9 Å². The number of para-hydroxylation sites is 1. The van der Waals surface area contributed by atoms with E-state index in [2.05, 4.69) is 20.8 Å². The molecule has 0 saturated heterocycles. The lowest BCUT2D eigenvalue weighted by atomic mass is 10.1. The van der Waals surface area contributed by atoms with Crippen molar-refractivity contribution in [2.75, 3.05) is 5.32 Å². The van der Waals surface area contributed by atoms with Gasteiger partial charge in [0.15, 0.2) is 5.82 Å². The lowest BCUT2D eigenvalue weighted by Crippen LogP contribution is -2.29. The average Bonchev–Trinajstić information content (AvgIpc) is 2.84. The van der Waals surface area contributed by atoms with Crippen molar-refractivity contribution in [1.29, 1.82) is 0 Å². The van der Waals surface area contributed by atoms with Crippen LogP contribution < -0.4 is 10.6 Å². The maximum Gasteiger partial charge on any atom is 0.337 e. The molecule has 110 valence electrons. The van der Waals surface area contributed by atoms with E-state index in [0.717, 1.165) is 6.07 Å². The number of aromatic carboxylic acids is 1. The van der Waals surface area contributed by atoms with E-state index in [0.29, 0.717) is 5.82 Å². The number of anilines is 1. The highest BCUT2D eigenvalue weighted by Crippen LogP contribution is 2.19. The smallest absolute Gasteiger partial charge is 0.337 e. The van der Waals surface area contributed by atoms with Gasteiger partial charge >= 0.3 is 12.0 Å². The van der Waals surface area contributed by atoms with Crippen molar-refractivity contribution in [3.63, 3.8) is 0 Å². The zero-order valence-electron chi connectivity index (χ0n) is 10.9. The summed E-state index contributed by atoms with van der Waals surface area (Å²) in [5.41, 5.74) is -0.761. The Labute approximate surface area is 118 Å². The molecule has 2 rings (SSSR count). The number of urea groups is 1. The number of benzene rings is 1. The summed E-state index contributed by atoms with van der Waals surface area (Å²) in [6, 6.07) is 2.67. The second-order valence-corrected chi connectivity index (χ2v) is 4.01. The highest BCUT2D eigenvalue weighted by atomic mass is 19.1. The van der Waals surface area contributed by atoms with E-state index in [4.69, 9.17) is 9.63 Å². The number of amides is 2. The summed E-state index contributed by atoms with van der Waals surface area (Å²) in [6.45, 7) is 1.55. The van der Waals surface area contributed by atoms with Crippen molar-refractivity contribution >= 4 is 17.7 Å². The van der Waals surface area contributed by atoms with Crippen LogP contribution in [0.3, 0.4) is 0 Å². The first-order chi connectivity index (χ1) is 9.97. The summed E-state index contributed by atoms with van der Waals surface area (Å²) < 4.78 is 18.4. The molecule has 0 fully saturated rings. The fraction of sp³-hybridized carbons (Fsp3) is 0.167. The van der Waals surface area contributed by atoms with E-state index in [1.165, 1.54) is 12.1 Å². The van der Waals surface area contributed by atoms with E-state index in [1.54, 1.807) is 6.92 Å². The SMILES string of the molecule is Cc1noc(CNC(=O)Nc2c(F)cccc2C(=O)O)n1. The minimum atomic E-state index is -1.35. The van der Waals surface area contributed by atoms with Crippen LogP contribution in [0.2, 0.25) is 0 Å². The van der Waals surface area contributed by atoms with Gasteiger partial charge in [0.05, 0.1) is 17.8 Å². The fourth-order valence-electron chi connectivity index (χ4n) is 1.55. The number of carbonyl (C=O) groups is 2. The molecule has 0 radical (unpaired) electrons. The summed E-state index contributed by atoms with van der Waals surface area (Å²) in [7, 11) is 0. The maximum absolute atomic E-state index is 13.6. The van der Waals surface area contributed by atoms with Gasteiger partial charge in [0, 0.05) is 0 Å². The molecule has 3 N–H and O–H groups in total. The van der Waals surface area contributed by atoms with Gasteiger partial charge in [0.1, 0.15) is 5.82 Å². The van der Waals surface area contributed by atoms with Gasteiger partial charge in [0.2, 0.25) is 5.89 Å². The Bertz CT molecular complexity index is 686. The van der Waals surface area contributed by atoms with Crippen LogP contribution in [0, 0.1) is 12.7 Å². The van der Waals surface area contributed by atoms with Gasteiger partial charge < -0.3 is 20.3 Å². The molecule has 1 aromatic heterocycles. The molecule has 2 aromatic rings. The summed E-state index contributed by atoms with van der Waals surface area (Å²) in [4.78, 5) is 26.5. The average molecular weight is 294 g/mol. The first-order valence-corrected chi connectivity index (χ1v) is 5.83. The molecular weight excluding hydrogens is 283 g/mol. The first-order valence-electron chi connectivity index (χ1n) is 5.83. The van der Waals surface area contributed by atoms with Crippen LogP contribution in [0.25, 0.3) is 0 Å². The van der Waals surface area contributed by atoms with Crippen molar-refractivity contribution in [3.8, 4) is 0 Å². The largest absolute Gasteiger partial charge is 0.478 e. The monoisotopic (exact) mass is 294 g/mol. The van der Waals surface area contributed by atoms with E-state index >= 15 is 0 Å². The second-order valence-electron chi connectivity index (χ2n) is 4.01. The number of halogens is 1. The molecule has 2 amide bonds. The molecule has 0 saturated carbocycles. The molecule has 1 heterocycles. The van der Waals surface area contributed by atoms with Crippen molar-refractivity contribution in [2.45, 2.75) is 13.5 Å². The third-order valence-corrected chi connectivity index (χ3v) is 2.45. The quantitative estimate of drug-likeness (QED) is 0.787. The molecule has 0 bridgehead atoms. The molecule has 9 heteroatoms. The van der Waals surface area contributed by atoms with Gasteiger partial charge in [0.25, 0.3) is 0 Å². The van der Waals surface area contributed by atoms with Gasteiger partial charge in [-0.3, -0.25) is 0 Å². The Hall–Kier alpha value is -2.97. The Morgan fingerprint density at radius 2 is 2.19 bits per heavy atom. The normalized spacial score (nSPS) is 10.2. The molecule has 0 aliphatic carbocycles. The van der Waals surface area contributed by atoms with E-state index < -0.39 is 23.5 Å². The number of aryl methyl sites for hydroxylation is 1. The number of nitrogens with zero attached hydrogens (tertiary/aromatic N) is 2. The first kappa shape index (κ1) is 14.4. The second kappa shape index (κ2) is 5.99. The molecule has 21 heavy (non-hydrogen) atoms. The zero-order valence-corrected chi connectivity index (χ0v) is 10.9. The fourth-order valence-corrected chi connectivity index (χ4v) is 1.55. The number of carboxylic acids is 1. The lowest BCUT2D eigenvalue weighted by molar-refractivity contribution is 0.0697. The van der Waals surface area contributed by atoms with Crippen LogP contribution in [-0.4, -0.2) is 27.2 Å². The van der Waals surface area contributed by atoms with Gasteiger partial charge in [-0.2, -0.15) is 4.98 Å². The Kier molecular flexibility index (Phi) is 4.12. The Balaban J connectivity index is 2.04. The maximum atomic E-state index is 13.6. The van der Waals surface area contributed by atoms with E-state index in [9.17, 15) is 14.0 Å². The minimum absolute atomic E-state index is 0.0659. The number of carboxylic acid groups (broad SMARTS) is 1. The molecular formula is C12H11FN4O4. The van der Waals surface area contributed by atoms with Crippen LogP contribution in [0.5, 0.6) is 0 Å². The number of nitrogens with one attached hydrogen (secondary N) is 2. The van der Waals surface area contributed by atoms with Crippen molar-refractivity contribution in [1.82, 2.24) is 15.5 Å². The van der Waals surface area contributed by atoms with Gasteiger partial charge in [-0.1, -0.05) is 11.2 Å². The molecule has 0 unspecified atom stereocenters. The predicted octanol–water partition coefficient (Wildman–Crippen LogP) is 1.54. The standard InChI is InChI=1S/C12H11FN4O4/c1-6-15-9(21-17-6)5-14-12(20)16-10-7(11(18)19)3-2-4-8(10)13/h2-4H,5H2,1H3,(H,18,19)(H2,14,16,20). The van der Waals surface area contributed by atoms with Crippen molar-refractivity contribution in [3.05, 3.63) is 41.3 Å². The third kappa shape index (κ3) is 3.53. The van der Waals surface area contributed by atoms with Gasteiger partial charge in [-0.25, -0.2) is 14.0 Å². The van der Waals surface area contributed by atoms with Crippen molar-refractivity contribution < 1.29 is 23.6 Å². The van der Waals surface area contributed by atoms with Gasteiger partial charge in [-0.15, -0.1) is 0 Å². The Morgan fingerprint density at radius 1 is 1.43 bits per heavy atom. The summed E-state index contributed by atoms with van der Waals surface area (Å²) in [6.07, 6.45) is 0. The summed E-state index contributed by atoms with van der Waals surface area (Å²) in [5.74, 6) is -1.61. The molecule has 1 aromatic carbocycles. The number of aromatic nitrogens is 2. The summed E-state index contributed by atoms with van der Waals surface area (Å²) in [5, 5.41) is 17.0. The van der Waals surface area contributed by atoms with E-state index in [-0.39, 0.29) is 18.0 Å². The topological polar surface area (TPSA) is 117 Å². The minimum Gasteiger partial charge on any atom is -0.478 e. The number of hydrogen-bond donors (Lipinski definition) is 3. The Morgan fingerprint density at radius 3 is 2.81 bits per heavy atom. The van der Waals surface area contributed by atoms with Crippen molar-refractivity contribution in [2.24, 2.45) is 0 Å². The molecule has 0 aliphatic rings. The molecule has 0 spiro atoms. The lowest BCUT2D eigenvalue weighted by Gasteiger charge is -2.09. The summed E-state index contributed by atoms with van der Waals surface area (Å²) >= 11 is 0. The number of hydrogen-bond acceptors (Lipinski definition) is 5. The predicted molar refractivity (Wildman–Crippen MR) is 68.3 cm³/mol. The molecule has 8 nitrogen and oxygen atoms in total. The van der Waals surface area contributed by atoms with Crippen LogP contribution in [0.15, 0.2) is 22.7 Å². The molecule has 0 aliphatic heterocycles. The highest BCUT2D eigenvalue weighted by molar-refractivity contribution is 6.00. The number of carbonyl (C=O) groups excluding carboxylic acids is 1.